The Bertz CT molecular complexity index is 551. The number of rotatable bonds is 8. The minimum Gasteiger partial charge on any atom is -0.381 e. The van der Waals surface area contributed by atoms with Crippen LogP contribution in [0.2, 0.25) is 0 Å². The summed E-state index contributed by atoms with van der Waals surface area (Å²) in [4.78, 5) is 17.5. The van der Waals surface area contributed by atoms with Gasteiger partial charge < -0.3 is 14.4 Å². The summed E-state index contributed by atoms with van der Waals surface area (Å²) in [6.45, 7) is 9.72. The van der Waals surface area contributed by atoms with Gasteiger partial charge >= 0.3 is 0 Å². The number of carbonyl (C=O) groups is 1. The molecule has 0 saturated carbocycles. The molecule has 0 radical (unpaired) electrons. The van der Waals surface area contributed by atoms with Crippen LogP contribution in [0.4, 0.5) is 0 Å². The third-order valence-corrected chi connectivity index (χ3v) is 5.25. The number of nitrogens with zero attached hydrogens (tertiary/aromatic N) is 4. The Balaban J connectivity index is 1.50. The van der Waals surface area contributed by atoms with Crippen molar-refractivity contribution in [3.05, 3.63) is 18.0 Å². The molecule has 26 heavy (non-hydrogen) atoms. The molecule has 2 aliphatic heterocycles. The van der Waals surface area contributed by atoms with Gasteiger partial charge in [-0.25, -0.2) is 0 Å². The highest BCUT2D eigenvalue weighted by Crippen LogP contribution is 2.17. The van der Waals surface area contributed by atoms with Crippen molar-refractivity contribution in [3.8, 4) is 0 Å². The topological polar surface area (TPSA) is 59.8 Å². The van der Waals surface area contributed by atoms with Crippen LogP contribution in [0, 0.1) is 6.92 Å². The maximum atomic E-state index is 12.9. The highest BCUT2D eigenvalue weighted by atomic mass is 16.5. The molecule has 146 valence electrons. The van der Waals surface area contributed by atoms with Crippen LogP contribution in [0.15, 0.2) is 12.4 Å². The number of aromatic nitrogens is 2. The van der Waals surface area contributed by atoms with Gasteiger partial charge in [-0.2, -0.15) is 5.10 Å². The molecular weight excluding hydrogens is 332 g/mol. The molecule has 3 heterocycles. The van der Waals surface area contributed by atoms with Crippen molar-refractivity contribution in [2.24, 2.45) is 0 Å². The molecule has 0 bridgehead atoms. The largest absolute Gasteiger partial charge is 0.381 e. The number of amides is 1. The molecule has 1 amide bonds. The minimum absolute atomic E-state index is 0.243. The monoisotopic (exact) mass is 364 g/mol. The fourth-order valence-electron chi connectivity index (χ4n) is 3.74. The molecule has 0 N–H and O–H groups in total. The van der Waals surface area contributed by atoms with Gasteiger partial charge in [-0.05, 0) is 31.7 Å². The summed E-state index contributed by atoms with van der Waals surface area (Å²) in [6.07, 6.45) is 7.25. The lowest BCUT2D eigenvalue weighted by atomic mass is 10.1. The van der Waals surface area contributed by atoms with E-state index in [9.17, 15) is 4.79 Å². The Kier molecular flexibility index (Phi) is 7.46. The van der Waals surface area contributed by atoms with Gasteiger partial charge in [0, 0.05) is 64.6 Å². The highest BCUT2D eigenvalue weighted by molar-refractivity contribution is 5.76. The van der Waals surface area contributed by atoms with E-state index in [1.807, 2.05) is 24.0 Å². The predicted molar refractivity (Wildman–Crippen MR) is 99.0 cm³/mol. The molecule has 2 fully saturated rings. The van der Waals surface area contributed by atoms with E-state index in [0.717, 1.165) is 77.4 Å². The fraction of sp³-hybridized carbons (Fsp3) is 0.789. The first kappa shape index (κ1) is 19.3. The van der Waals surface area contributed by atoms with Crippen LogP contribution in [-0.2, 0) is 20.8 Å². The summed E-state index contributed by atoms with van der Waals surface area (Å²) < 4.78 is 12.8. The third kappa shape index (κ3) is 5.79. The zero-order valence-electron chi connectivity index (χ0n) is 15.9. The smallest absolute Gasteiger partial charge is 0.224 e. The molecular formula is C19H32N4O3. The van der Waals surface area contributed by atoms with Crippen molar-refractivity contribution < 1.29 is 14.3 Å². The Morgan fingerprint density at radius 1 is 1.19 bits per heavy atom. The van der Waals surface area contributed by atoms with Crippen LogP contribution in [0.5, 0.6) is 0 Å². The normalized spacial score (nSPS) is 19.6. The molecule has 7 heteroatoms. The number of hydrogen-bond acceptors (Lipinski definition) is 5. The summed E-state index contributed by atoms with van der Waals surface area (Å²) in [5.74, 6) is 0.243. The minimum atomic E-state index is 0.243. The second-order valence-electron chi connectivity index (χ2n) is 7.27. The van der Waals surface area contributed by atoms with E-state index in [1.54, 1.807) is 0 Å². The molecule has 0 aromatic carbocycles. The van der Waals surface area contributed by atoms with Crippen LogP contribution in [0.3, 0.4) is 0 Å². The van der Waals surface area contributed by atoms with Gasteiger partial charge in [0.05, 0.1) is 19.4 Å². The first-order chi connectivity index (χ1) is 12.7. The fourth-order valence-corrected chi connectivity index (χ4v) is 3.74. The lowest BCUT2D eigenvalue weighted by Gasteiger charge is -2.35. The van der Waals surface area contributed by atoms with E-state index in [1.165, 1.54) is 0 Å². The number of carbonyl (C=O) groups excluding carboxylic acids is 1. The van der Waals surface area contributed by atoms with Gasteiger partial charge in [-0.15, -0.1) is 0 Å². The van der Waals surface area contributed by atoms with Crippen molar-refractivity contribution in [3.63, 3.8) is 0 Å². The lowest BCUT2D eigenvalue weighted by Crippen LogP contribution is -2.45. The van der Waals surface area contributed by atoms with E-state index in [2.05, 4.69) is 14.9 Å². The molecule has 2 aliphatic rings. The predicted octanol–water partition coefficient (Wildman–Crippen LogP) is 1.31. The van der Waals surface area contributed by atoms with Crippen LogP contribution >= 0.6 is 0 Å². The van der Waals surface area contributed by atoms with E-state index in [0.29, 0.717) is 19.0 Å². The van der Waals surface area contributed by atoms with Crippen molar-refractivity contribution in [1.82, 2.24) is 19.6 Å². The summed E-state index contributed by atoms with van der Waals surface area (Å²) in [5, 5.41) is 4.29. The molecule has 0 unspecified atom stereocenters. The molecule has 1 aromatic heterocycles. The van der Waals surface area contributed by atoms with Crippen LogP contribution < -0.4 is 0 Å². The number of aryl methyl sites for hydroxylation is 2. The zero-order valence-corrected chi connectivity index (χ0v) is 15.9. The van der Waals surface area contributed by atoms with Crippen molar-refractivity contribution >= 4 is 5.91 Å². The van der Waals surface area contributed by atoms with Gasteiger partial charge in [-0.3, -0.25) is 14.4 Å². The molecule has 7 nitrogen and oxygen atoms in total. The number of ether oxygens (including phenoxy) is 2. The maximum absolute atomic E-state index is 12.9. The SMILES string of the molecule is Cc1cnn(CCC(=O)N(CCCN2CCOCC2)C2CCOCC2)c1. The van der Waals surface area contributed by atoms with Crippen LogP contribution in [0.1, 0.15) is 31.2 Å². The third-order valence-electron chi connectivity index (χ3n) is 5.25. The van der Waals surface area contributed by atoms with Gasteiger partial charge in [0.1, 0.15) is 0 Å². The van der Waals surface area contributed by atoms with E-state index >= 15 is 0 Å². The lowest BCUT2D eigenvalue weighted by molar-refractivity contribution is -0.135. The van der Waals surface area contributed by atoms with Crippen molar-refractivity contribution in [1.29, 1.82) is 0 Å². The standard InChI is InChI=1S/C19H32N4O3/c1-17-15-20-22(16-17)8-3-19(24)23(18-4-11-25-12-5-18)7-2-6-21-9-13-26-14-10-21/h15-16,18H,2-14H2,1H3. The van der Waals surface area contributed by atoms with Crippen molar-refractivity contribution in [2.45, 2.75) is 45.2 Å². The average Bonchev–Trinajstić information content (AvgIpc) is 3.10. The Hall–Kier alpha value is -1.44. The quantitative estimate of drug-likeness (QED) is 0.696. The Morgan fingerprint density at radius 3 is 2.62 bits per heavy atom. The number of morpholine rings is 1. The summed E-state index contributed by atoms with van der Waals surface area (Å²) in [7, 11) is 0. The van der Waals surface area contributed by atoms with E-state index in [4.69, 9.17) is 9.47 Å². The van der Waals surface area contributed by atoms with Gasteiger partial charge in [-0.1, -0.05) is 0 Å². The van der Waals surface area contributed by atoms with Crippen LogP contribution in [0.25, 0.3) is 0 Å². The van der Waals surface area contributed by atoms with Crippen LogP contribution in [-0.4, -0.2) is 84.1 Å². The molecule has 0 spiro atoms. The second-order valence-corrected chi connectivity index (χ2v) is 7.27. The maximum Gasteiger partial charge on any atom is 0.224 e. The van der Waals surface area contributed by atoms with E-state index in [-0.39, 0.29) is 5.91 Å². The first-order valence-electron chi connectivity index (χ1n) is 9.89. The zero-order chi connectivity index (χ0) is 18.2. The number of hydrogen-bond donors (Lipinski definition) is 0. The van der Waals surface area contributed by atoms with Crippen molar-refractivity contribution in [2.75, 3.05) is 52.6 Å². The molecule has 2 saturated heterocycles. The highest BCUT2D eigenvalue weighted by Gasteiger charge is 2.25. The molecule has 0 aliphatic carbocycles. The Labute approximate surface area is 156 Å². The average molecular weight is 364 g/mol. The molecule has 0 atom stereocenters. The molecule has 1 aromatic rings. The second kappa shape index (κ2) is 10.0. The molecule has 3 rings (SSSR count). The summed E-state index contributed by atoms with van der Waals surface area (Å²) in [6, 6.07) is 0.320. The van der Waals surface area contributed by atoms with E-state index < -0.39 is 0 Å². The van der Waals surface area contributed by atoms with Gasteiger partial charge in [0.2, 0.25) is 5.91 Å². The van der Waals surface area contributed by atoms with Gasteiger partial charge in [0.25, 0.3) is 0 Å². The summed E-state index contributed by atoms with van der Waals surface area (Å²) in [5.41, 5.74) is 1.13. The Morgan fingerprint density at radius 2 is 1.92 bits per heavy atom. The summed E-state index contributed by atoms with van der Waals surface area (Å²) >= 11 is 0. The van der Waals surface area contributed by atoms with Gasteiger partial charge in [0.15, 0.2) is 0 Å². The first-order valence-corrected chi connectivity index (χ1v) is 9.89.